The molecular formula is C25H22N2O5. The second kappa shape index (κ2) is 7.60. The van der Waals surface area contributed by atoms with E-state index in [0.29, 0.717) is 64.1 Å². The van der Waals surface area contributed by atoms with Crippen LogP contribution in [0, 0.1) is 20.8 Å². The van der Waals surface area contributed by atoms with Gasteiger partial charge in [-0.2, -0.15) is 0 Å². The Balaban J connectivity index is 1.48. The second-order valence-corrected chi connectivity index (χ2v) is 7.93. The fourth-order valence-electron chi connectivity index (χ4n) is 3.70. The minimum Gasteiger partial charge on any atom is -0.507 e. The number of aryl methyl sites for hydroxylation is 3. The Bertz CT molecular complexity index is 1330. The zero-order valence-corrected chi connectivity index (χ0v) is 18.0. The third-order valence-electron chi connectivity index (χ3n) is 5.60. The number of aromatic hydroxyl groups is 1. The lowest BCUT2D eigenvalue weighted by Crippen LogP contribution is -2.17. The number of aromatic nitrogens is 1. The van der Waals surface area contributed by atoms with Gasteiger partial charge in [-0.25, -0.2) is 4.98 Å². The van der Waals surface area contributed by atoms with E-state index in [2.05, 4.69) is 10.3 Å². The van der Waals surface area contributed by atoms with Gasteiger partial charge in [-0.05, 0) is 79.9 Å². The summed E-state index contributed by atoms with van der Waals surface area (Å²) in [5.41, 5.74) is 5.53. The van der Waals surface area contributed by atoms with Gasteiger partial charge in [-0.3, -0.25) is 4.79 Å². The average Bonchev–Trinajstić information content (AvgIpc) is 3.18. The zero-order valence-electron chi connectivity index (χ0n) is 18.0. The van der Waals surface area contributed by atoms with Gasteiger partial charge < -0.3 is 24.3 Å². The molecule has 2 heterocycles. The molecule has 3 aromatic carbocycles. The summed E-state index contributed by atoms with van der Waals surface area (Å²) in [5.74, 6) is 1.21. The van der Waals surface area contributed by atoms with Crippen molar-refractivity contribution < 1.29 is 23.8 Å². The SMILES string of the molecule is Cc1cc2nc(-c3cc(NC(=O)c4ccc5c(c4)OCCO5)cc(C)c3O)oc2cc1C. The number of fused-ring (bicyclic) bond motifs is 2. The van der Waals surface area contributed by atoms with Crippen molar-refractivity contribution in [1.29, 1.82) is 0 Å². The quantitative estimate of drug-likeness (QED) is 0.437. The lowest BCUT2D eigenvalue weighted by atomic mass is 10.1. The largest absolute Gasteiger partial charge is 0.507 e. The van der Waals surface area contributed by atoms with Crippen LogP contribution in [-0.4, -0.2) is 29.2 Å². The summed E-state index contributed by atoms with van der Waals surface area (Å²) in [6.45, 7) is 6.71. The maximum absolute atomic E-state index is 12.9. The van der Waals surface area contributed by atoms with Crippen LogP contribution in [0.2, 0.25) is 0 Å². The molecule has 1 aliphatic heterocycles. The number of hydrogen-bond acceptors (Lipinski definition) is 6. The number of amides is 1. The van der Waals surface area contributed by atoms with E-state index in [0.717, 1.165) is 11.1 Å². The molecule has 0 saturated heterocycles. The van der Waals surface area contributed by atoms with Crippen LogP contribution in [0.1, 0.15) is 27.0 Å². The number of oxazole rings is 1. The highest BCUT2D eigenvalue weighted by Crippen LogP contribution is 2.37. The highest BCUT2D eigenvalue weighted by Gasteiger charge is 2.19. The highest BCUT2D eigenvalue weighted by molar-refractivity contribution is 6.05. The molecule has 162 valence electrons. The number of carbonyl (C=O) groups excluding carboxylic acids is 1. The molecule has 7 nitrogen and oxygen atoms in total. The van der Waals surface area contributed by atoms with Gasteiger partial charge in [0.1, 0.15) is 24.5 Å². The number of rotatable bonds is 3. The lowest BCUT2D eigenvalue weighted by molar-refractivity contribution is 0.102. The fourth-order valence-corrected chi connectivity index (χ4v) is 3.70. The topological polar surface area (TPSA) is 93.8 Å². The van der Waals surface area contributed by atoms with E-state index in [1.807, 2.05) is 26.0 Å². The number of ether oxygens (including phenoxy) is 2. The number of nitrogens with one attached hydrogen (secondary N) is 1. The van der Waals surface area contributed by atoms with Crippen molar-refractivity contribution in [3.8, 4) is 28.7 Å². The molecule has 0 fully saturated rings. The first-order valence-electron chi connectivity index (χ1n) is 10.3. The number of phenolic OH excluding ortho intramolecular Hbond substituents is 1. The van der Waals surface area contributed by atoms with Crippen molar-refractivity contribution in [3.05, 3.63) is 64.7 Å². The van der Waals surface area contributed by atoms with E-state index in [9.17, 15) is 9.90 Å². The Kier molecular flexibility index (Phi) is 4.74. The standard InChI is InChI=1S/C25H22N2O5/c1-13-9-19-21(10-14(13)2)32-25(27-19)18-12-17(8-15(3)23(18)28)26-24(29)16-4-5-20-22(11-16)31-7-6-30-20/h4-5,8-12,28H,6-7H2,1-3H3,(H,26,29). The number of anilines is 1. The Hall–Kier alpha value is -4.00. The molecule has 0 aliphatic carbocycles. The maximum atomic E-state index is 12.9. The fraction of sp³-hybridized carbons (Fsp3) is 0.200. The molecule has 32 heavy (non-hydrogen) atoms. The number of phenols is 1. The van der Waals surface area contributed by atoms with Crippen molar-refractivity contribution in [2.45, 2.75) is 20.8 Å². The van der Waals surface area contributed by atoms with Gasteiger partial charge in [0, 0.05) is 11.3 Å². The predicted molar refractivity (Wildman–Crippen MR) is 121 cm³/mol. The van der Waals surface area contributed by atoms with Crippen LogP contribution in [0.5, 0.6) is 17.2 Å². The monoisotopic (exact) mass is 430 g/mol. The highest BCUT2D eigenvalue weighted by atomic mass is 16.6. The molecule has 0 saturated carbocycles. The summed E-state index contributed by atoms with van der Waals surface area (Å²) in [6.07, 6.45) is 0. The predicted octanol–water partition coefficient (Wildman–Crippen LogP) is 5.15. The molecule has 1 aromatic heterocycles. The van der Waals surface area contributed by atoms with Gasteiger partial charge in [0.15, 0.2) is 17.1 Å². The molecule has 0 atom stereocenters. The minimum absolute atomic E-state index is 0.0577. The molecule has 5 rings (SSSR count). The summed E-state index contributed by atoms with van der Waals surface area (Å²) in [6, 6.07) is 12.3. The third-order valence-corrected chi connectivity index (χ3v) is 5.60. The van der Waals surface area contributed by atoms with Gasteiger partial charge >= 0.3 is 0 Å². The minimum atomic E-state index is -0.304. The third kappa shape index (κ3) is 3.51. The van der Waals surface area contributed by atoms with Crippen molar-refractivity contribution in [2.24, 2.45) is 0 Å². The first-order chi connectivity index (χ1) is 15.4. The number of nitrogens with zero attached hydrogens (tertiary/aromatic N) is 1. The first kappa shape index (κ1) is 19.9. The number of carbonyl (C=O) groups is 1. The zero-order chi connectivity index (χ0) is 22.4. The maximum Gasteiger partial charge on any atom is 0.255 e. The van der Waals surface area contributed by atoms with Crippen LogP contribution in [0.3, 0.4) is 0 Å². The van der Waals surface area contributed by atoms with E-state index >= 15 is 0 Å². The summed E-state index contributed by atoms with van der Waals surface area (Å²) < 4.78 is 17.0. The summed E-state index contributed by atoms with van der Waals surface area (Å²) in [4.78, 5) is 17.4. The van der Waals surface area contributed by atoms with Crippen LogP contribution in [0.25, 0.3) is 22.6 Å². The molecule has 1 amide bonds. The molecule has 2 N–H and O–H groups in total. The van der Waals surface area contributed by atoms with E-state index in [4.69, 9.17) is 13.9 Å². The molecule has 7 heteroatoms. The van der Waals surface area contributed by atoms with Gasteiger partial charge in [0.25, 0.3) is 5.91 Å². The van der Waals surface area contributed by atoms with E-state index in [-0.39, 0.29) is 11.7 Å². The van der Waals surface area contributed by atoms with Crippen LogP contribution in [0.15, 0.2) is 46.9 Å². The Morgan fingerprint density at radius 3 is 2.50 bits per heavy atom. The lowest BCUT2D eigenvalue weighted by Gasteiger charge is -2.18. The number of benzene rings is 3. The van der Waals surface area contributed by atoms with E-state index < -0.39 is 0 Å². The second-order valence-electron chi connectivity index (χ2n) is 7.93. The van der Waals surface area contributed by atoms with Crippen molar-refractivity contribution in [2.75, 3.05) is 18.5 Å². The summed E-state index contributed by atoms with van der Waals surface area (Å²) in [7, 11) is 0. The van der Waals surface area contributed by atoms with Gasteiger partial charge in [0.2, 0.25) is 5.89 Å². The summed E-state index contributed by atoms with van der Waals surface area (Å²) >= 11 is 0. The van der Waals surface area contributed by atoms with Crippen LogP contribution >= 0.6 is 0 Å². The van der Waals surface area contributed by atoms with Gasteiger partial charge in [-0.15, -0.1) is 0 Å². The molecule has 0 bridgehead atoms. The van der Waals surface area contributed by atoms with Crippen LogP contribution in [-0.2, 0) is 0 Å². The van der Waals surface area contributed by atoms with Crippen molar-refractivity contribution in [3.63, 3.8) is 0 Å². The van der Waals surface area contributed by atoms with Gasteiger partial charge in [-0.1, -0.05) is 0 Å². The van der Waals surface area contributed by atoms with Crippen LogP contribution < -0.4 is 14.8 Å². The first-order valence-corrected chi connectivity index (χ1v) is 10.3. The Morgan fingerprint density at radius 2 is 1.69 bits per heavy atom. The van der Waals surface area contributed by atoms with Crippen LogP contribution in [0.4, 0.5) is 5.69 Å². The molecule has 0 radical (unpaired) electrons. The molecule has 4 aromatic rings. The van der Waals surface area contributed by atoms with Crippen molar-refractivity contribution in [1.82, 2.24) is 4.98 Å². The smallest absolute Gasteiger partial charge is 0.255 e. The summed E-state index contributed by atoms with van der Waals surface area (Å²) in [5, 5.41) is 13.5. The molecular weight excluding hydrogens is 408 g/mol. The Labute approximate surface area is 184 Å². The van der Waals surface area contributed by atoms with E-state index in [1.165, 1.54) is 0 Å². The number of hydrogen-bond donors (Lipinski definition) is 2. The van der Waals surface area contributed by atoms with E-state index in [1.54, 1.807) is 37.3 Å². The van der Waals surface area contributed by atoms with Crippen molar-refractivity contribution >= 4 is 22.7 Å². The average molecular weight is 430 g/mol. The Morgan fingerprint density at radius 1 is 0.938 bits per heavy atom. The molecule has 0 unspecified atom stereocenters. The van der Waals surface area contributed by atoms with Gasteiger partial charge in [0.05, 0.1) is 5.56 Å². The molecule has 0 spiro atoms. The normalized spacial score (nSPS) is 12.7. The molecule has 1 aliphatic rings.